The molecule has 0 saturated carbocycles. The SMILES string of the molecule is Cc1ccc(-c2cc(C(N)=O)c(C)n2Cc2ccccc2C)cc1. The lowest BCUT2D eigenvalue weighted by Gasteiger charge is -2.14. The van der Waals surface area contributed by atoms with Crippen molar-refractivity contribution in [2.24, 2.45) is 5.73 Å². The molecule has 0 aliphatic carbocycles. The van der Waals surface area contributed by atoms with Gasteiger partial charge in [0.05, 0.1) is 5.56 Å². The Morgan fingerprint density at radius 2 is 1.67 bits per heavy atom. The van der Waals surface area contributed by atoms with E-state index in [4.69, 9.17) is 5.73 Å². The smallest absolute Gasteiger partial charge is 0.250 e. The molecule has 1 aromatic heterocycles. The first-order chi connectivity index (χ1) is 11.5. The first-order valence-electron chi connectivity index (χ1n) is 8.09. The molecule has 1 heterocycles. The van der Waals surface area contributed by atoms with E-state index in [9.17, 15) is 4.79 Å². The molecular formula is C21H22N2O. The number of rotatable bonds is 4. The molecule has 0 saturated heterocycles. The van der Waals surface area contributed by atoms with Gasteiger partial charge in [-0.15, -0.1) is 0 Å². The Hall–Kier alpha value is -2.81. The molecule has 0 bridgehead atoms. The highest BCUT2D eigenvalue weighted by molar-refractivity contribution is 5.95. The van der Waals surface area contributed by atoms with Gasteiger partial charge in [-0.3, -0.25) is 4.79 Å². The van der Waals surface area contributed by atoms with Gasteiger partial charge < -0.3 is 10.3 Å². The Balaban J connectivity index is 2.14. The number of hydrogen-bond donors (Lipinski definition) is 1. The molecular weight excluding hydrogens is 296 g/mol. The molecule has 0 spiro atoms. The van der Waals surface area contributed by atoms with Gasteiger partial charge in [-0.05, 0) is 43.5 Å². The Morgan fingerprint density at radius 1 is 1.00 bits per heavy atom. The summed E-state index contributed by atoms with van der Waals surface area (Å²) in [5.74, 6) is -0.385. The van der Waals surface area contributed by atoms with Crippen LogP contribution in [0.2, 0.25) is 0 Å². The van der Waals surface area contributed by atoms with Crippen LogP contribution >= 0.6 is 0 Å². The molecule has 3 heteroatoms. The van der Waals surface area contributed by atoms with Crippen molar-refractivity contribution in [3.05, 3.63) is 82.5 Å². The van der Waals surface area contributed by atoms with Crippen LogP contribution < -0.4 is 5.73 Å². The summed E-state index contributed by atoms with van der Waals surface area (Å²) < 4.78 is 2.17. The fourth-order valence-corrected chi connectivity index (χ4v) is 3.02. The van der Waals surface area contributed by atoms with Gasteiger partial charge in [0, 0.05) is 17.9 Å². The maximum absolute atomic E-state index is 11.8. The van der Waals surface area contributed by atoms with Crippen LogP contribution in [0.3, 0.4) is 0 Å². The lowest BCUT2D eigenvalue weighted by Crippen LogP contribution is -2.13. The Labute approximate surface area is 142 Å². The Bertz CT molecular complexity index is 889. The van der Waals surface area contributed by atoms with E-state index in [1.807, 2.05) is 25.1 Å². The van der Waals surface area contributed by atoms with Crippen molar-refractivity contribution in [3.8, 4) is 11.3 Å². The third-order valence-corrected chi connectivity index (χ3v) is 4.57. The molecule has 24 heavy (non-hydrogen) atoms. The van der Waals surface area contributed by atoms with Gasteiger partial charge in [-0.2, -0.15) is 0 Å². The number of nitrogens with two attached hydrogens (primary N) is 1. The summed E-state index contributed by atoms with van der Waals surface area (Å²) in [6.07, 6.45) is 0. The minimum absolute atomic E-state index is 0.385. The summed E-state index contributed by atoms with van der Waals surface area (Å²) in [6.45, 7) is 6.84. The van der Waals surface area contributed by atoms with E-state index in [-0.39, 0.29) is 5.91 Å². The maximum Gasteiger partial charge on any atom is 0.250 e. The van der Waals surface area contributed by atoms with Crippen molar-refractivity contribution in [3.63, 3.8) is 0 Å². The molecule has 0 atom stereocenters. The number of carbonyl (C=O) groups is 1. The van der Waals surface area contributed by atoms with E-state index in [0.29, 0.717) is 5.56 Å². The summed E-state index contributed by atoms with van der Waals surface area (Å²) in [5.41, 5.74) is 12.8. The highest BCUT2D eigenvalue weighted by Crippen LogP contribution is 2.27. The van der Waals surface area contributed by atoms with Gasteiger partial charge >= 0.3 is 0 Å². The Kier molecular flexibility index (Phi) is 4.26. The van der Waals surface area contributed by atoms with Crippen molar-refractivity contribution in [2.45, 2.75) is 27.3 Å². The van der Waals surface area contributed by atoms with Gasteiger partial charge in [0.2, 0.25) is 0 Å². The van der Waals surface area contributed by atoms with Crippen LogP contribution in [-0.4, -0.2) is 10.5 Å². The topological polar surface area (TPSA) is 48.0 Å². The molecule has 122 valence electrons. The number of aryl methyl sites for hydroxylation is 2. The second-order valence-electron chi connectivity index (χ2n) is 6.27. The minimum Gasteiger partial charge on any atom is -0.366 e. The average Bonchev–Trinajstić information content (AvgIpc) is 2.88. The molecule has 0 unspecified atom stereocenters. The lowest BCUT2D eigenvalue weighted by atomic mass is 10.1. The van der Waals surface area contributed by atoms with Crippen LogP contribution in [0, 0.1) is 20.8 Å². The standard InChI is InChI=1S/C21H22N2O/c1-14-8-10-17(11-9-14)20-12-19(21(22)24)16(3)23(20)13-18-7-5-4-6-15(18)2/h4-12H,13H2,1-3H3,(H2,22,24). The molecule has 0 radical (unpaired) electrons. The molecule has 3 rings (SSSR count). The maximum atomic E-state index is 11.8. The van der Waals surface area contributed by atoms with E-state index in [0.717, 1.165) is 23.5 Å². The summed E-state index contributed by atoms with van der Waals surface area (Å²) in [6, 6.07) is 18.6. The largest absolute Gasteiger partial charge is 0.366 e. The first kappa shape index (κ1) is 16.1. The second-order valence-corrected chi connectivity index (χ2v) is 6.27. The molecule has 2 N–H and O–H groups in total. The van der Waals surface area contributed by atoms with Crippen LogP contribution in [-0.2, 0) is 6.54 Å². The average molecular weight is 318 g/mol. The van der Waals surface area contributed by atoms with Crippen molar-refractivity contribution in [2.75, 3.05) is 0 Å². The summed E-state index contributed by atoms with van der Waals surface area (Å²) >= 11 is 0. The van der Waals surface area contributed by atoms with Gasteiger partial charge in [-0.1, -0.05) is 54.1 Å². The third-order valence-electron chi connectivity index (χ3n) is 4.57. The van der Waals surface area contributed by atoms with E-state index in [2.05, 4.69) is 54.8 Å². The zero-order chi connectivity index (χ0) is 17.3. The van der Waals surface area contributed by atoms with Gasteiger partial charge in [0.1, 0.15) is 0 Å². The first-order valence-corrected chi connectivity index (χ1v) is 8.09. The number of primary amides is 1. The minimum atomic E-state index is -0.385. The number of benzene rings is 2. The number of amides is 1. The van der Waals surface area contributed by atoms with Crippen molar-refractivity contribution >= 4 is 5.91 Å². The summed E-state index contributed by atoms with van der Waals surface area (Å²) in [4.78, 5) is 11.8. The molecule has 0 aliphatic heterocycles. The molecule has 3 nitrogen and oxygen atoms in total. The Morgan fingerprint density at radius 3 is 2.29 bits per heavy atom. The summed E-state index contributed by atoms with van der Waals surface area (Å²) in [5, 5.41) is 0. The van der Waals surface area contributed by atoms with Crippen LogP contribution in [0.25, 0.3) is 11.3 Å². The zero-order valence-corrected chi connectivity index (χ0v) is 14.3. The van der Waals surface area contributed by atoms with E-state index in [1.54, 1.807) is 0 Å². The number of nitrogens with zero attached hydrogens (tertiary/aromatic N) is 1. The molecule has 2 aromatic carbocycles. The number of aromatic nitrogens is 1. The van der Waals surface area contributed by atoms with Gasteiger partial charge in [0.25, 0.3) is 5.91 Å². The molecule has 1 amide bonds. The fraction of sp³-hybridized carbons (Fsp3) is 0.190. The zero-order valence-electron chi connectivity index (χ0n) is 14.3. The predicted molar refractivity (Wildman–Crippen MR) is 98.1 cm³/mol. The van der Waals surface area contributed by atoms with Crippen LogP contribution in [0.4, 0.5) is 0 Å². The fourth-order valence-electron chi connectivity index (χ4n) is 3.02. The van der Waals surface area contributed by atoms with E-state index < -0.39 is 0 Å². The highest BCUT2D eigenvalue weighted by Gasteiger charge is 2.17. The number of carbonyl (C=O) groups excluding carboxylic acids is 1. The lowest BCUT2D eigenvalue weighted by molar-refractivity contribution is 0.0999. The van der Waals surface area contributed by atoms with E-state index in [1.165, 1.54) is 16.7 Å². The van der Waals surface area contributed by atoms with Crippen molar-refractivity contribution in [1.29, 1.82) is 0 Å². The highest BCUT2D eigenvalue weighted by atomic mass is 16.1. The van der Waals surface area contributed by atoms with E-state index >= 15 is 0 Å². The molecule has 3 aromatic rings. The quantitative estimate of drug-likeness (QED) is 0.769. The second kappa shape index (κ2) is 6.36. The van der Waals surface area contributed by atoms with Crippen molar-refractivity contribution < 1.29 is 4.79 Å². The van der Waals surface area contributed by atoms with Crippen LogP contribution in [0.1, 0.15) is 32.7 Å². The van der Waals surface area contributed by atoms with Gasteiger partial charge in [-0.25, -0.2) is 0 Å². The number of hydrogen-bond acceptors (Lipinski definition) is 1. The normalized spacial score (nSPS) is 10.8. The van der Waals surface area contributed by atoms with Crippen molar-refractivity contribution in [1.82, 2.24) is 4.57 Å². The van der Waals surface area contributed by atoms with Gasteiger partial charge in [0.15, 0.2) is 0 Å². The summed E-state index contributed by atoms with van der Waals surface area (Å²) in [7, 11) is 0. The third kappa shape index (κ3) is 2.98. The predicted octanol–water partition coefficient (Wildman–Crippen LogP) is 4.23. The molecule has 0 fully saturated rings. The van der Waals surface area contributed by atoms with Crippen LogP contribution in [0.15, 0.2) is 54.6 Å². The monoisotopic (exact) mass is 318 g/mol. The molecule has 0 aliphatic rings. The van der Waals surface area contributed by atoms with Crippen LogP contribution in [0.5, 0.6) is 0 Å².